The number of H-pyrrole nitrogens is 1. The second-order valence-corrected chi connectivity index (χ2v) is 4.69. The van der Waals surface area contributed by atoms with Gasteiger partial charge in [0.2, 0.25) is 0 Å². The van der Waals surface area contributed by atoms with Gasteiger partial charge in [-0.25, -0.2) is 10.3 Å². The van der Waals surface area contributed by atoms with Crippen molar-refractivity contribution in [1.82, 2.24) is 15.0 Å². The van der Waals surface area contributed by atoms with Crippen LogP contribution < -0.4 is 16.7 Å². The maximum absolute atomic E-state index is 11.9. The van der Waals surface area contributed by atoms with Crippen molar-refractivity contribution in [1.29, 1.82) is 0 Å². The molecular weight excluding hydrogens is 327 g/mol. The van der Waals surface area contributed by atoms with Gasteiger partial charge in [-0.15, -0.1) is 0 Å². The lowest BCUT2D eigenvalue weighted by Gasteiger charge is -2.16. The highest BCUT2D eigenvalue weighted by atomic mass is 19.4. The first-order valence-electron chi connectivity index (χ1n) is 6.32. The molecule has 0 radical (unpaired) electrons. The summed E-state index contributed by atoms with van der Waals surface area (Å²) in [6, 6.07) is 1.07. The predicted octanol–water partition coefficient (Wildman–Crippen LogP) is -1.20. The molecule has 0 spiro atoms. The number of carbonyl (C=O) groups is 1. The number of hydrogen-bond donors (Lipinski definition) is 3. The average molecular weight is 339 g/mol. The van der Waals surface area contributed by atoms with Crippen LogP contribution >= 0.6 is 0 Å². The Hall–Kier alpha value is -2.18. The summed E-state index contributed by atoms with van der Waals surface area (Å²) in [6.45, 7) is -0.558. The van der Waals surface area contributed by atoms with Crippen molar-refractivity contribution in [3.63, 3.8) is 0 Å². The maximum Gasteiger partial charge on any atom is 0.473 e. The van der Waals surface area contributed by atoms with Crippen LogP contribution in [-0.2, 0) is 14.4 Å². The van der Waals surface area contributed by atoms with Crippen molar-refractivity contribution in [3.8, 4) is 0 Å². The number of aliphatic hydroxyl groups excluding tert-OH is 1. The summed E-state index contributed by atoms with van der Waals surface area (Å²) >= 11 is 0. The third-order valence-corrected chi connectivity index (χ3v) is 3.04. The van der Waals surface area contributed by atoms with E-state index in [0.717, 1.165) is 16.8 Å². The number of halogens is 3. The molecule has 0 unspecified atom stereocenters. The van der Waals surface area contributed by atoms with Crippen LogP contribution in [-0.4, -0.2) is 45.6 Å². The Kier molecular flexibility index (Phi) is 4.87. The highest BCUT2D eigenvalue weighted by Gasteiger charge is 2.40. The Bertz CT molecular complexity index is 685. The molecule has 2 rings (SSSR count). The zero-order valence-electron chi connectivity index (χ0n) is 11.4. The van der Waals surface area contributed by atoms with Gasteiger partial charge in [-0.1, -0.05) is 0 Å². The number of nitrogens with zero attached hydrogens (tertiary/aromatic N) is 1. The first-order chi connectivity index (χ1) is 10.7. The SMILES string of the molecule is O=C(NOC[C@H]1O[C@@H](n2ccc(=O)[nH]c2=O)C[C@@H]1O)C(F)(F)F. The molecule has 128 valence electrons. The molecule has 0 aromatic carbocycles. The normalized spacial score (nSPS) is 24.6. The number of amides is 1. The zero-order valence-corrected chi connectivity index (χ0v) is 11.4. The molecule has 2 heterocycles. The Morgan fingerprint density at radius 1 is 1.52 bits per heavy atom. The molecule has 1 aromatic rings. The Morgan fingerprint density at radius 2 is 2.22 bits per heavy atom. The van der Waals surface area contributed by atoms with Crippen molar-refractivity contribution >= 4 is 5.91 Å². The van der Waals surface area contributed by atoms with Crippen LogP contribution in [0.1, 0.15) is 12.6 Å². The first kappa shape index (κ1) is 17.2. The van der Waals surface area contributed by atoms with E-state index in [0.29, 0.717) is 0 Å². The van der Waals surface area contributed by atoms with Crippen molar-refractivity contribution < 1.29 is 32.6 Å². The molecule has 9 nitrogen and oxygen atoms in total. The van der Waals surface area contributed by atoms with Crippen LogP contribution in [0.3, 0.4) is 0 Å². The third-order valence-electron chi connectivity index (χ3n) is 3.04. The second-order valence-electron chi connectivity index (χ2n) is 4.69. The number of alkyl halides is 3. The van der Waals surface area contributed by atoms with Gasteiger partial charge in [0.15, 0.2) is 0 Å². The lowest BCUT2D eigenvalue weighted by atomic mass is 10.2. The highest BCUT2D eigenvalue weighted by molar-refractivity contribution is 5.80. The second kappa shape index (κ2) is 6.52. The minimum atomic E-state index is -5.10. The van der Waals surface area contributed by atoms with Crippen LogP contribution in [0.4, 0.5) is 13.2 Å². The van der Waals surface area contributed by atoms with Gasteiger partial charge in [-0.2, -0.15) is 13.2 Å². The quantitative estimate of drug-likeness (QED) is 0.592. The highest BCUT2D eigenvalue weighted by Crippen LogP contribution is 2.27. The van der Waals surface area contributed by atoms with Gasteiger partial charge in [0.1, 0.15) is 18.9 Å². The van der Waals surface area contributed by atoms with E-state index in [2.05, 4.69) is 4.84 Å². The molecule has 1 saturated heterocycles. The number of ether oxygens (including phenoxy) is 1. The van der Waals surface area contributed by atoms with Gasteiger partial charge in [0, 0.05) is 18.7 Å². The molecule has 1 aromatic heterocycles. The van der Waals surface area contributed by atoms with Crippen LogP contribution in [0.5, 0.6) is 0 Å². The molecule has 23 heavy (non-hydrogen) atoms. The number of aliphatic hydroxyl groups is 1. The molecule has 1 aliphatic rings. The van der Waals surface area contributed by atoms with Crippen LogP contribution in [0.2, 0.25) is 0 Å². The Balaban J connectivity index is 1.93. The number of aromatic amines is 1. The van der Waals surface area contributed by atoms with E-state index in [1.807, 2.05) is 4.98 Å². The summed E-state index contributed by atoms with van der Waals surface area (Å²) < 4.78 is 42.1. The number of nitrogens with one attached hydrogen (secondary N) is 2. The lowest BCUT2D eigenvalue weighted by molar-refractivity contribution is -0.189. The summed E-state index contributed by atoms with van der Waals surface area (Å²) in [6.07, 6.45) is -7.11. The summed E-state index contributed by atoms with van der Waals surface area (Å²) in [5.74, 6) is -2.29. The van der Waals surface area contributed by atoms with Crippen molar-refractivity contribution in [2.24, 2.45) is 0 Å². The molecule has 0 bridgehead atoms. The lowest BCUT2D eigenvalue weighted by Crippen LogP contribution is -2.39. The summed E-state index contributed by atoms with van der Waals surface area (Å²) in [5.41, 5.74) is -0.201. The Morgan fingerprint density at radius 3 is 2.83 bits per heavy atom. The molecule has 0 aliphatic carbocycles. The summed E-state index contributed by atoms with van der Waals surface area (Å²) in [4.78, 5) is 39.4. The van der Waals surface area contributed by atoms with Crippen LogP contribution in [0.25, 0.3) is 0 Å². The third kappa shape index (κ3) is 4.18. The zero-order chi connectivity index (χ0) is 17.2. The number of aromatic nitrogens is 2. The minimum absolute atomic E-state index is 0.0484. The monoisotopic (exact) mass is 339 g/mol. The maximum atomic E-state index is 11.9. The van der Waals surface area contributed by atoms with Crippen molar-refractivity contribution in [3.05, 3.63) is 33.1 Å². The Labute approximate surface area is 125 Å². The molecule has 1 aliphatic heterocycles. The topological polar surface area (TPSA) is 123 Å². The number of carbonyl (C=O) groups excluding carboxylic acids is 1. The first-order valence-corrected chi connectivity index (χ1v) is 6.32. The van der Waals surface area contributed by atoms with E-state index in [1.165, 1.54) is 5.48 Å². The van der Waals surface area contributed by atoms with Gasteiger partial charge in [-0.05, 0) is 0 Å². The number of rotatable bonds is 4. The number of hydroxylamine groups is 1. The minimum Gasteiger partial charge on any atom is -0.390 e. The molecule has 1 amide bonds. The molecule has 0 saturated carbocycles. The molecular formula is C11H12F3N3O6. The fraction of sp³-hybridized carbons (Fsp3) is 0.545. The van der Waals surface area contributed by atoms with Gasteiger partial charge in [0.05, 0.1) is 6.10 Å². The van der Waals surface area contributed by atoms with E-state index in [1.54, 1.807) is 0 Å². The predicted molar refractivity (Wildman–Crippen MR) is 66.0 cm³/mol. The van der Waals surface area contributed by atoms with Gasteiger partial charge in [0.25, 0.3) is 5.56 Å². The van der Waals surface area contributed by atoms with E-state index in [9.17, 15) is 32.7 Å². The molecule has 12 heteroatoms. The van der Waals surface area contributed by atoms with Crippen molar-refractivity contribution in [2.75, 3.05) is 6.61 Å². The van der Waals surface area contributed by atoms with E-state index < -0.39 is 48.4 Å². The fourth-order valence-electron chi connectivity index (χ4n) is 1.94. The average Bonchev–Trinajstić information content (AvgIpc) is 2.78. The standard InChI is InChI=1S/C11H12F3N3O6/c12-11(13,14)9(20)16-22-4-6-5(18)3-8(23-6)17-2-1-7(19)15-10(17)21/h1-2,5-6,8,18H,3-4H2,(H,16,20)(H,15,19,21)/t5-,6+,8+/m0/s1. The molecule has 3 N–H and O–H groups in total. The number of hydrogen-bond acceptors (Lipinski definition) is 6. The summed E-state index contributed by atoms with van der Waals surface area (Å²) in [5, 5.41) is 9.76. The fourth-order valence-corrected chi connectivity index (χ4v) is 1.94. The van der Waals surface area contributed by atoms with E-state index in [4.69, 9.17) is 4.74 Å². The van der Waals surface area contributed by atoms with Gasteiger partial charge < -0.3 is 9.84 Å². The van der Waals surface area contributed by atoms with E-state index in [-0.39, 0.29) is 6.42 Å². The summed E-state index contributed by atoms with van der Waals surface area (Å²) in [7, 11) is 0. The van der Waals surface area contributed by atoms with Gasteiger partial charge in [-0.3, -0.25) is 24.0 Å². The molecule has 1 fully saturated rings. The molecule has 3 atom stereocenters. The van der Waals surface area contributed by atoms with Crippen molar-refractivity contribution in [2.45, 2.75) is 31.0 Å². The van der Waals surface area contributed by atoms with Gasteiger partial charge >= 0.3 is 17.8 Å². The van der Waals surface area contributed by atoms with E-state index >= 15 is 0 Å². The largest absolute Gasteiger partial charge is 0.473 e. The smallest absolute Gasteiger partial charge is 0.390 e. The van der Waals surface area contributed by atoms with Crippen LogP contribution in [0, 0.1) is 0 Å². The van der Waals surface area contributed by atoms with Crippen LogP contribution in [0.15, 0.2) is 21.9 Å².